The van der Waals surface area contributed by atoms with Gasteiger partial charge in [-0.05, 0) is 30.9 Å². The molecule has 1 aliphatic rings. The molecule has 2 N–H and O–H groups in total. The third-order valence-electron chi connectivity index (χ3n) is 3.04. The zero-order chi connectivity index (χ0) is 12.8. The Kier molecular flexibility index (Phi) is 4.70. The van der Waals surface area contributed by atoms with Crippen molar-refractivity contribution < 1.29 is 9.18 Å². The number of halogens is 1. The van der Waals surface area contributed by atoms with Crippen molar-refractivity contribution >= 4 is 5.91 Å². The summed E-state index contributed by atoms with van der Waals surface area (Å²) in [7, 11) is 0. The molecule has 1 saturated carbocycles. The van der Waals surface area contributed by atoms with Crippen molar-refractivity contribution in [3.8, 4) is 0 Å². The predicted octanol–water partition coefficient (Wildman–Crippen LogP) is 1.63. The van der Waals surface area contributed by atoms with Crippen molar-refractivity contribution in [2.75, 3.05) is 13.1 Å². The molecule has 0 atom stereocenters. The Morgan fingerprint density at radius 2 is 2.06 bits per heavy atom. The van der Waals surface area contributed by atoms with Gasteiger partial charge in [0.1, 0.15) is 5.82 Å². The Morgan fingerprint density at radius 1 is 1.28 bits per heavy atom. The van der Waals surface area contributed by atoms with Crippen LogP contribution in [0.2, 0.25) is 0 Å². The van der Waals surface area contributed by atoms with Gasteiger partial charge in [-0.3, -0.25) is 4.79 Å². The summed E-state index contributed by atoms with van der Waals surface area (Å²) in [5.41, 5.74) is 0.647. The molecule has 0 heterocycles. The number of hydrogen-bond donors (Lipinski definition) is 2. The van der Waals surface area contributed by atoms with Crippen LogP contribution in [0, 0.1) is 5.82 Å². The van der Waals surface area contributed by atoms with Crippen molar-refractivity contribution in [2.24, 2.45) is 0 Å². The molecule has 1 aromatic carbocycles. The molecule has 0 aliphatic heterocycles. The molecule has 0 bridgehead atoms. The standard InChI is InChI=1S/C14H19FN2O/c15-13-4-2-1-3-11(13)7-9-17-14(18)8-10-16-12-5-6-12/h1-4,12,16H,5-10H2,(H,17,18). The third kappa shape index (κ3) is 4.45. The normalized spacial score (nSPS) is 14.5. The molecule has 0 radical (unpaired) electrons. The lowest BCUT2D eigenvalue weighted by atomic mass is 10.1. The molecule has 1 aromatic rings. The first-order valence-electron chi connectivity index (χ1n) is 6.49. The van der Waals surface area contributed by atoms with Gasteiger partial charge in [-0.2, -0.15) is 0 Å². The van der Waals surface area contributed by atoms with Gasteiger partial charge in [-0.25, -0.2) is 4.39 Å². The van der Waals surface area contributed by atoms with Crippen molar-refractivity contribution in [3.05, 3.63) is 35.6 Å². The molecule has 4 heteroatoms. The summed E-state index contributed by atoms with van der Waals surface area (Å²) in [5, 5.41) is 6.09. The highest BCUT2D eigenvalue weighted by Gasteiger charge is 2.19. The fraction of sp³-hybridized carbons (Fsp3) is 0.500. The van der Waals surface area contributed by atoms with E-state index >= 15 is 0 Å². The highest BCUT2D eigenvalue weighted by molar-refractivity contribution is 5.76. The van der Waals surface area contributed by atoms with Gasteiger partial charge in [0.25, 0.3) is 0 Å². The van der Waals surface area contributed by atoms with Crippen LogP contribution in [0.3, 0.4) is 0 Å². The highest BCUT2D eigenvalue weighted by atomic mass is 19.1. The van der Waals surface area contributed by atoms with Gasteiger partial charge in [0.05, 0.1) is 0 Å². The van der Waals surface area contributed by atoms with Gasteiger partial charge in [-0.1, -0.05) is 18.2 Å². The molecule has 0 spiro atoms. The molecule has 0 unspecified atom stereocenters. The summed E-state index contributed by atoms with van der Waals surface area (Å²) in [6, 6.07) is 7.30. The summed E-state index contributed by atoms with van der Waals surface area (Å²) in [4.78, 5) is 11.5. The largest absolute Gasteiger partial charge is 0.356 e. The first-order valence-corrected chi connectivity index (χ1v) is 6.49. The van der Waals surface area contributed by atoms with Crippen molar-refractivity contribution in [1.82, 2.24) is 10.6 Å². The van der Waals surface area contributed by atoms with E-state index in [9.17, 15) is 9.18 Å². The van der Waals surface area contributed by atoms with E-state index in [0.29, 0.717) is 31.0 Å². The molecular formula is C14H19FN2O. The van der Waals surface area contributed by atoms with Crippen molar-refractivity contribution in [3.63, 3.8) is 0 Å². The van der Waals surface area contributed by atoms with Crippen LogP contribution in [0.15, 0.2) is 24.3 Å². The van der Waals surface area contributed by atoms with E-state index in [0.717, 1.165) is 6.54 Å². The van der Waals surface area contributed by atoms with Crippen molar-refractivity contribution in [2.45, 2.75) is 31.7 Å². The van der Waals surface area contributed by atoms with Crippen LogP contribution in [0.25, 0.3) is 0 Å². The number of carbonyl (C=O) groups excluding carboxylic acids is 1. The molecule has 98 valence electrons. The number of benzene rings is 1. The minimum absolute atomic E-state index is 0.0273. The van der Waals surface area contributed by atoms with Crippen LogP contribution < -0.4 is 10.6 Å². The smallest absolute Gasteiger partial charge is 0.221 e. The maximum Gasteiger partial charge on any atom is 0.221 e. The van der Waals surface area contributed by atoms with Crippen LogP contribution in [0.5, 0.6) is 0 Å². The van der Waals surface area contributed by atoms with Crippen LogP contribution in [-0.4, -0.2) is 25.0 Å². The van der Waals surface area contributed by atoms with Crippen LogP contribution in [0.4, 0.5) is 4.39 Å². The van der Waals surface area contributed by atoms with Gasteiger partial charge < -0.3 is 10.6 Å². The second kappa shape index (κ2) is 6.50. The zero-order valence-corrected chi connectivity index (χ0v) is 10.4. The van der Waals surface area contributed by atoms with Crippen molar-refractivity contribution in [1.29, 1.82) is 0 Å². The number of hydrogen-bond acceptors (Lipinski definition) is 2. The first-order chi connectivity index (χ1) is 8.75. The predicted molar refractivity (Wildman–Crippen MR) is 68.8 cm³/mol. The maximum absolute atomic E-state index is 13.3. The topological polar surface area (TPSA) is 41.1 Å². The molecular weight excluding hydrogens is 231 g/mol. The lowest BCUT2D eigenvalue weighted by molar-refractivity contribution is -0.120. The minimum Gasteiger partial charge on any atom is -0.356 e. The van der Waals surface area contributed by atoms with Gasteiger partial charge in [0.15, 0.2) is 0 Å². The fourth-order valence-corrected chi connectivity index (χ4v) is 1.80. The Bertz CT molecular complexity index is 405. The summed E-state index contributed by atoms with van der Waals surface area (Å²) >= 11 is 0. The average Bonchev–Trinajstić information content (AvgIpc) is 3.16. The van der Waals surface area contributed by atoms with E-state index in [-0.39, 0.29) is 11.7 Å². The van der Waals surface area contributed by atoms with E-state index in [4.69, 9.17) is 0 Å². The second-order valence-corrected chi connectivity index (χ2v) is 4.67. The van der Waals surface area contributed by atoms with Crippen LogP contribution in [-0.2, 0) is 11.2 Å². The fourth-order valence-electron chi connectivity index (χ4n) is 1.80. The Labute approximate surface area is 107 Å². The van der Waals surface area contributed by atoms with E-state index in [1.807, 2.05) is 0 Å². The summed E-state index contributed by atoms with van der Waals surface area (Å²) < 4.78 is 13.3. The minimum atomic E-state index is -0.206. The van der Waals surface area contributed by atoms with Gasteiger partial charge in [-0.15, -0.1) is 0 Å². The molecule has 1 aliphatic carbocycles. The average molecular weight is 250 g/mol. The lowest BCUT2D eigenvalue weighted by Gasteiger charge is -2.06. The second-order valence-electron chi connectivity index (χ2n) is 4.67. The van der Waals surface area contributed by atoms with E-state index in [1.54, 1.807) is 18.2 Å². The molecule has 2 rings (SSSR count). The monoisotopic (exact) mass is 250 g/mol. The molecule has 0 saturated heterocycles. The third-order valence-corrected chi connectivity index (χ3v) is 3.04. The Balaban J connectivity index is 1.59. The number of carbonyl (C=O) groups is 1. The van der Waals surface area contributed by atoms with Crippen LogP contribution >= 0.6 is 0 Å². The molecule has 0 aromatic heterocycles. The summed E-state index contributed by atoms with van der Waals surface area (Å²) in [6.45, 7) is 1.22. The Hall–Kier alpha value is -1.42. The van der Waals surface area contributed by atoms with E-state index < -0.39 is 0 Å². The number of rotatable bonds is 7. The van der Waals surface area contributed by atoms with Gasteiger partial charge in [0.2, 0.25) is 5.91 Å². The highest BCUT2D eigenvalue weighted by Crippen LogP contribution is 2.18. The molecule has 1 fully saturated rings. The summed E-state index contributed by atoms with van der Waals surface area (Å²) in [5.74, 6) is -0.179. The van der Waals surface area contributed by atoms with E-state index in [1.165, 1.54) is 18.9 Å². The Morgan fingerprint density at radius 3 is 2.78 bits per heavy atom. The summed E-state index contributed by atoms with van der Waals surface area (Å²) in [6.07, 6.45) is 3.49. The van der Waals surface area contributed by atoms with Crippen LogP contribution in [0.1, 0.15) is 24.8 Å². The lowest BCUT2D eigenvalue weighted by Crippen LogP contribution is -2.29. The number of nitrogens with one attached hydrogen (secondary N) is 2. The SMILES string of the molecule is O=C(CCNC1CC1)NCCc1ccccc1F. The molecule has 18 heavy (non-hydrogen) atoms. The van der Waals surface area contributed by atoms with E-state index in [2.05, 4.69) is 10.6 Å². The van der Waals surface area contributed by atoms with Gasteiger partial charge >= 0.3 is 0 Å². The van der Waals surface area contributed by atoms with Gasteiger partial charge in [0, 0.05) is 25.6 Å². The molecule has 3 nitrogen and oxygen atoms in total. The first kappa shape index (κ1) is 13.0. The zero-order valence-electron chi connectivity index (χ0n) is 10.4. The maximum atomic E-state index is 13.3. The number of amides is 1. The quantitative estimate of drug-likeness (QED) is 0.772. The molecule has 1 amide bonds.